The summed E-state index contributed by atoms with van der Waals surface area (Å²) in [4.78, 5) is 22.7. The Morgan fingerprint density at radius 2 is 2.00 bits per heavy atom. The molecule has 0 saturated heterocycles. The SMILES string of the molecule is CC(CN)C(=O)NC1(C(=O)O)CCCC1. The van der Waals surface area contributed by atoms with Crippen molar-refractivity contribution in [2.24, 2.45) is 11.7 Å². The second-order valence-corrected chi connectivity index (χ2v) is 4.22. The van der Waals surface area contributed by atoms with Crippen LogP contribution in [-0.2, 0) is 9.59 Å². The monoisotopic (exact) mass is 214 g/mol. The highest BCUT2D eigenvalue weighted by atomic mass is 16.4. The third kappa shape index (κ3) is 2.47. The number of carboxylic acid groups (broad SMARTS) is 1. The summed E-state index contributed by atoms with van der Waals surface area (Å²) in [6.45, 7) is 1.93. The maximum absolute atomic E-state index is 11.6. The first kappa shape index (κ1) is 12.0. The minimum absolute atomic E-state index is 0.238. The van der Waals surface area contributed by atoms with E-state index in [9.17, 15) is 9.59 Å². The molecule has 1 atom stereocenters. The number of aliphatic carboxylic acids is 1. The second kappa shape index (κ2) is 4.61. The van der Waals surface area contributed by atoms with Gasteiger partial charge in [0.1, 0.15) is 5.54 Å². The Hall–Kier alpha value is -1.10. The van der Waals surface area contributed by atoms with Crippen LogP contribution in [0.2, 0.25) is 0 Å². The van der Waals surface area contributed by atoms with Crippen LogP contribution in [0.1, 0.15) is 32.6 Å². The minimum Gasteiger partial charge on any atom is -0.480 e. The maximum Gasteiger partial charge on any atom is 0.329 e. The minimum atomic E-state index is -1.04. The largest absolute Gasteiger partial charge is 0.480 e. The zero-order valence-corrected chi connectivity index (χ0v) is 8.95. The van der Waals surface area contributed by atoms with Crippen LogP contribution < -0.4 is 11.1 Å². The summed E-state index contributed by atoms with van der Waals surface area (Å²) in [5, 5.41) is 11.7. The Balaban J connectivity index is 2.67. The molecule has 0 radical (unpaired) electrons. The molecule has 0 bridgehead atoms. The van der Waals surface area contributed by atoms with E-state index in [0.29, 0.717) is 12.8 Å². The highest BCUT2D eigenvalue weighted by Gasteiger charge is 2.42. The molecule has 0 spiro atoms. The Labute approximate surface area is 89.0 Å². The quantitative estimate of drug-likeness (QED) is 0.618. The topological polar surface area (TPSA) is 92.4 Å². The molecule has 0 aromatic carbocycles. The van der Waals surface area contributed by atoms with E-state index >= 15 is 0 Å². The lowest BCUT2D eigenvalue weighted by molar-refractivity contribution is -0.148. The molecule has 1 amide bonds. The van der Waals surface area contributed by atoms with Crippen molar-refractivity contribution in [3.63, 3.8) is 0 Å². The van der Waals surface area contributed by atoms with E-state index in [0.717, 1.165) is 12.8 Å². The van der Waals surface area contributed by atoms with Crippen LogP contribution in [0, 0.1) is 5.92 Å². The first-order valence-corrected chi connectivity index (χ1v) is 5.27. The predicted molar refractivity (Wildman–Crippen MR) is 55.2 cm³/mol. The zero-order valence-electron chi connectivity index (χ0n) is 8.95. The first-order chi connectivity index (χ1) is 7.02. The van der Waals surface area contributed by atoms with Crippen LogP contribution >= 0.6 is 0 Å². The van der Waals surface area contributed by atoms with Gasteiger partial charge in [0.15, 0.2) is 0 Å². The van der Waals surface area contributed by atoms with Crippen LogP contribution in [0.5, 0.6) is 0 Å². The fourth-order valence-electron chi connectivity index (χ4n) is 1.84. The molecule has 1 fully saturated rings. The fraction of sp³-hybridized carbons (Fsp3) is 0.800. The molecule has 86 valence electrons. The highest BCUT2D eigenvalue weighted by molar-refractivity contribution is 5.88. The number of hydrogen-bond donors (Lipinski definition) is 3. The number of rotatable bonds is 4. The van der Waals surface area contributed by atoms with Crippen molar-refractivity contribution < 1.29 is 14.7 Å². The normalized spacial score (nSPS) is 20.9. The molecule has 5 nitrogen and oxygen atoms in total. The molecule has 1 saturated carbocycles. The summed E-state index contributed by atoms with van der Waals surface area (Å²) >= 11 is 0. The number of carboxylic acids is 1. The van der Waals surface area contributed by atoms with Gasteiger partial charge < -0.3 is 16.2 Å². The second-order valence-electron chi connectivity index (χ2n) is 4.22. The van der Waals surface area contributed by atoms with Gasteiger partial charge in [-0.1, -0.05) is 19.8 Å². The van der Waals surface area contributed by atoms with Crippen molar-refractivity contribution >= 4 is 11.9 Å². The molecule has 0 aromatic rings. The van der Waals surface area contributed by atoms with Gasteiger partial charge in [-0.2, -0.15) is 0 Å². The highest BCUT2D eigenvalue weighted by Crippen LogP contribution is 2.30. The maximum atomic E-state index is 11.6. The van der Waals surface area contributed by atoms with Crippen molar-refractivity contribution in [2.45, 2.75) is 38.1 Å². The Morgan fingerprint density at radius 1 is 1.47 bits per heavy atom. The lowest BCUT2D eigenvalue weighted by Crippen LogP contribution is -2.54. The van der Waals surface area contributed by atoms with Gasteiger partial charge in [0.05, 0.1) is 0 Å². The van der Waals surface area contributed by atoms with Gasteiger partial charge in [0.25, 0.3) is 0 Å². The van der Waals surface area contributed by atoms with Gasteiger partial charge in [-0.15, -0.1) is 0 Å². The van der Waals surface area contributed by atoms with Crippen LogP contribution in [0.25, 0.3) is 0 Å². The lowest BCUT2D eigenvalue weighted by atomic mass is 9.96. The molecular weight excluding hydrogens is 196 g/mol. The van der Waals surface area contributed by atoms with E-state index in [4.69, 9.17) is 10.8 Å². The number of hydrogen-bond acceptors (Lipinski definition) is 3. The van der Waals surface area contributed by atoms with Crippen molar-refractivity contribution in [2.75, 3.05) is 6.54 Å². The summed E-state index contributed by atoms with van der Waals surface area (Å²) in [5.41, 5.74) is 4.32. The molecule has 1 aliphatic rings. The van der Waals surface area contributed by atoms with Gasteiger partial charge in [-0.05, 0) is 12.8 Å². The Morgan fingerprint density at radius 3 is 2.40 bits per heavy atom. The van der Waals surface area contributed by atoms with E-state index in [2.05, 4.69) is 5.32 Å². The fourth-order valence-corrected chi connectivity index (χ4v) is 1.84. The lowest BCUT2D eigenvalue weighted by Gasteiger charge is -2.26. The summed E-state index contributed by atoms with van der Waals surface area (Å²) in [5.74, 6) is -1.53. The van der Waals surface area contributed by atoms with Crippen molar-refractivity contribution in [1.82, 2.24) is 5.32 Å². The van der Waals surface area contributed by atoms with Crippen LogP contribution in [0.15, 0.2) is 0 Å². The number of amides is 1. The molecule has 1 aliphatic carbocycles. The third-order valence-electron chi connectivity index (χ3n) is 3.03. The van der Waals surface area contributed by atoms with Crippen molar-refractivity contribution in [1.29, 1.82) is 0 Å². The predicted octanol–water partition coefficient (Wildman–Crippen LogP) is 0.0948. The van der Waals surface area contributed by atoms with Crippen molar-refractivity contribution in [3.8, 4) is 0 Å². The van der Waals surface area contributed by atoms with E-state index in [1.165, 1.54) is 0 Å². The zero-order chi connectivity index (χ0) is 11.5. The van der Waals surface area contributed by atoms with E-state index in [-0.39, 0.29) is 18.4 Å². The van der Waals surface area contributed by atoms with Gasteiger partial charge in [-0.3, -0.25) is 4.79 Å². The third-order valence-corrected chi connectivity index (χ3v) is 3.03. The van der Waals surface area contributed by atoms with Crippen molar-refractivity contribution in [3.05, 3.63) is 0 Å². The molecule has 0 aliphatic heterocycles. The molecule has 4 N–H and O–H groups in total. The van der Waals surface area contributed by atoms with Crippen LogP contribution in [-0.4, -0.2) is 29.1 Å². The Bertz CT molecular complexity index is 259. The smallest absolute Gasteiger partial charge is 0.329 e. The Kier molecular flexibility index (Phi) is 3.68. The number of nitrogens with two attached hydrogens (primary N) is 1. The van der Waals surface area contributed by atoms with E-state index in [1.807, 2.05) is 0 Å². The standard InChI is InChI=1S/C10H18N2O3/c1-7(6-11)8(13)12-10(9(14)15)4-2-3-5-10/h7H,2-6,11H2,1H3,(H,12,13)(H,14,15). The number of nitrogens with one attached hydrogen (secondary N) is 1. The molecule has 5 heteroatoms. The molecular formula is C10H18N2O3. The first-order valence-electron chi connectivity index (χ1n) is 5.27. The van der Waals surface area contributed by atoms with Crippen LogP contribution in [0.4, 0.5) is 0 Å². The van der Waals surface area contributed by atoms with Gasteiger partial charge in [0, 0.05) is 12.5 Å². The summed E-state index contributed by atoms with van der Waals surface area (Å²) < 4.78 is 0. The van der Waals surface area contributed by atoms with Gasteiger partial charge >= 0.3 is 5.97 Å². The molecule has 1 unspecified atom stereocenters. The molecule has 15 heavy (non-hydrogen) atoms. The average molecular weight is 214 g/mol. The summed E-state index contributed by atoms with van der Waals surface area (Å²) in [7, 11) is 0. The molecule has 1 rings (SSSR count). The van der Waals surface area contributed by atoms with E-state index in [1.54, 1.807) is 6.92 Å². The number of carbonyl (C=O) groups excluding carboxylic acids is 1. The van der Waals surface area contributed by atoms with Crippen LogP contribution in [0.3, 0.4) is 0 Å². The average Bonchev–Trinajstić information content (AvgIpc) is 2.66. The number of carbonyl (C=O) groups is 2. The molecule has 0 heterocycles. The van der Waals surface area contributed by atoms with Gasteiger partial charge in [0.2, 0.25) is 5.91 Å². The summed E-state index contributed by atoms with van der Waals surface area (Å²) in [6, 6.07) is 0. The summed E-state index contributed by atoms with van der Waals surface area (Å²) in [6.07, 6.45) is 2.74. The molecule has 0 aromatic heterocycles. The van der Waals surface area contributed by atoms with E-state index < -0.39 is 11.5 Å². The van der Waals surface area contributed by atoms with Gasteiger partial charge in [-0.25, -0.2) is 4.79 Å².